The molecular formula is C9H17NO4S. The molecule has 1 saturated heterocycles. The van der Waals surface area contributed by atoms with E-state index in [1.54, 1.807) is 0 Å². The van der Waals surface area contributed by atoms with Gasteiger partial charge in [-0.1, -0.05) is 6.92 Å². The van der Waals surface area contributed by atoms with Crippen molar-refractivity contribution in [1.82, 2.24) is 5.32 Å². The highest BCUT2D eigenvalue weighted by Gasteiger charge is 2.37. The molecule has 1 unspecified atom stereocenters. The van der Waals surface area contributed by atoms with Crippen LogP contribution in [0.4, 0.5) is 4.79 Å². The fourth-order valence-corrected chi connectivity index (χ4v) is 2.65. The number of carbonyl (C=O) groups is 1. The van der Waals surface area contributed by atoms with Crippen LogP contribution in [0.5, 0.6) is 0 Å². The third kappa shape index (κ3) is 4.27. The van der Waals surface area contributed by atoms with E-state index < -0.39 is 17.3 Å². The molecular weight excluding hydrogens is 218 g/mol. The van der Waals surface area contributed by atoms with E-state index in [2.05, 4.69) is 5.32 Å². The Morgan fingerprint density at radius 3 is 2.80 bits per heavy atom. The van der Waals surface area contributed by atoms with Crippen LogP contribution in [0.25, 0.3) is 0 Å². The Morgan fingerprint density at radius 1 is 1.67 bits per heavy atom. The second kappa shape index (κ2) is 5.58. The summed E-state index contributed by atoms with van der Waals surface area (Å²) in [7, 11) is 1.49. The Bertz CT molecular complexity index is 220. The Morgan fingerprint density at radius 2 is 2.33 bits per heavy atom. The zero-order valence-corrected chi connectivity index (χ0v) is 9.89. The SMILES string of the molecule is CNC(=O)OCC[S+]([O-])CC1(C)COC1. The molecule has 15 heavy (non-hydrogen) atoms. The molecule has 0 aliphatic carbocycles. The van der Waals surface area contributed by atoms with Crippen LogP contribution in [-0.4, -0.2) is 49.0 Å². The first-order valence-corrected chi connectivity index (χ1v) is 6.32. The van der Waals surface area contributed by atoms with E-state index in [0.29, 0.717) is 24.7 Å². The van der Waals surface area contributed by atoms with Gasteiger partial charge in [0.05, 0.1) is 18.6 Å². The highest BCUT2D eigenvalue weighted by Crippen LogP contribution is 2.28. The minimum Gasteiger partial charge on any atom is -0.616 e. The van der Waals surface area contributed by atoms with Gasteiger partial charge >= 0.3 is 6.09 Å². The van der Waals surface area contributed by atoms with E-state index in [0.717, 1.165) is 0 Å². The topological polar surface area (TPSA) is 70.6 Å². The van der Waals surface area contributed by atoms with Crippen LogP contribution in [0, 0.1) is 5.41 Å². The van der Waals surface area contributed by atoms with Crippen molar-refractivity contribution >= 4 is 17.3 Å². The monoisotopic (exact) mass is 235 g/mol. The maximum Gasteiger partial charge on any atom is 0.407 e. The number of amides is 1. The van der Waals surface area contributed by atoms with E-state index in [4.69, 9.17) is 9.47 Å². The van der Waals surface area contributed by atoms with Gasteiger partial charge in [-0.25, -0.2) is 4.79 Å². The number of carbonyl (C=O) groups excluding carboxylic acids is 1. The summed E-state index contributed by atoms with van der Waals surface area (Å²) < 4.78 is 21.4. The van der Waals surface area contributed by atoms with Crippen LogP contribution in [-0.2, 0) is 20.6 Å². The molecule has 5 nitrogen and oxygen atoms in total. The van der Waals surface area contributed by atoms with Crippen molar-refractivity contribution < 1.29 is 18.8 Å². The zero-order valence-electron chi connectivity index (χ0n) is 9.08. The van der Waals surface area contributed by atoms with Crippen LogP contribution >= 0.6 is 0 Å². The third-order valence-corrected chi connectivity index (χ3v) is 3.80. The lowest BCUT2D eigenvalue weighted by molar-refractivity contribution is -0.0870. The molecule has 1 atom stereocenters. The minimum atomic E-state index is -0.942. The number of alkyl carbamates (subject to hydrolysis) is 1. The van der Waals surface area contributed by atoms with Crippen molar-refractivity contribution in [3.63, 3.8) is 0 Å². The van der Waals surface area contributed by atoms with Gasteiger partial charge in [-0.3, -0.25) is 0 Å². The van der Waals surface area contributed by atoms with Gasteiger partial charge in [0.15, 0.2) is 0 Å². The summed E-state index contributed by atoms with van der Waals surface area (Å²) in [6.07, 6.45) is -0.481. The molecule has 0 bridgehead atoms. The van der Waals surface area contributed by atoms with Gasteiger partial charge in [0, 0.05) is 7.05 Å². The van der Waals surface area contributed by atoms with Gasteiger partial charge in [0.25, 0.3) is 0 Å². The van der Waals surface area contributed by atoms with E-state index >= 15 is 0 Å². The lowest BCUT2D eigenvalue weighted by Gasteiger charge is -2.37. The van der Waals surface area contributed by atoms with Gasteiger partial charge in [-0.05, 0) is 11.2 Å². The van der Waals surface area contributed by atoms with Gasteiger partial charge in [-0.15, -0.1) is 0 Å². The number of hydrogen-bond donors (Lipinski definition) is 1. The molecule has 0 aromatic heterocycles. The number of nitrogens with one attached hydrogen (secondary N) is 1. The van der Waals surface area contributed by atoms with E-state index in [1.807, 2.05) is 6.92 Å². The molecule has 1 fully saturated rings. The van der Waals surface area contributed by atoms with Crippen LogP contribution in [0.3, 0.4) is 0 Å². The average molecular weight is 235 g/mol. The van der Waals surface area contributed by atoms with Crippen LogP contribution < -0.4 is 5.32 Å². The first-order valence-electron chi connectivity index (χ1n) is 4.83. The number of rotatable bonds is 5. The molecule has 1 aliphatic rings. The van der Waals surface area contributed by atoms with Crippen molar-refractivity contribution in [2.45, 2.75) is 6.92 Å². The van der Waals surface area contributed by atoms with Crippen LogP contribution in [0.2, 0.25) is 0 Å². The fraction of sp³-hybridized carbons (Fsp3) is 0.889. The fourth-order valence-electron chi connectivity index (χ4n) is 1.29. The lowest BCUT2D eigenvalue weighted by atomic mass is 9.92. The van der Waals surface area contributed by atoms with Crippen LogP contribution in [0.15, 0.2) is 0 Å². The second-order valence-electron chi connectivity index (χ2n) is 3.98. The first kappa shape index (κ1) is 12.6. The molecule has 1 N–H and O–H groups in total. The second-order valence-corrected chi connectivity index (χ2v) is 5.55. The lowest BCUT2D eigenvalue weighted by Crippen LogP contribution is -2.45. The number of hydrogen-bond acceptors (Lipinski definition) is 4. The van der Waals surface area contributed by atoms with Crippen LogP contribution in [0.1, 0.15) is 6.92 Å². The Labute approximate surface area is 92.7 Å². The molecule has 0 saturated carbocycles. The molecule has 0 radical (unpaired) electrons. The van der Waals surface area contributed by atoms with E-state index in [1.165, 1.54) is 7.05 Å². The van der Waals surface area contributed by atoms with Crippen molar-refractivity contribution in [2.24, 2.45) is 5.41 Å². The molecule has 1 heterocycles. The summed E-state index contributed by atoms with van der Waals surface area (Å²) in [5.74, 6) is 1.01. The van der Waals surface area contributed by atoms with Crippen molar-refractivity contribution in [3.8, 4) is 0 Å². The minimum absolute atomic E-state index is 0.0534. The summed E-state index contributed by atoms with van der Waals surface area (Å²) >= 11 is -0.942. The molecule has 88 valence electrons. The Balaban J connectivity index is 2.08. The van der Waals surface area contributed by atoms with Gasteiger partial charge in [-0.2, -0.15) is 0 Å². The normalized spacial score (nSPS) is 20.2. The smallest absolute Gasteiger partial charge is 0.407 e. The van der Waals surface area contributed by atoms with E-state index in [-0.39, 0.29) is 12.0 Å². The summed E-state index contributed by atoms with van der Waals surface area (Å²) in [6.45, 7) is 3.60. The zero-order chi connectivity index (χ0) is 11.3. The summed E-state index contributed by atoms with van der Waals surface area (Å²) in [6, 6.07) is 0. The first-order chi connectivity index (χ1) is 7.06. The summed E-state index contributed by atoms with van der Waals surface area (Å²) in [4.78, 5) is 10.7. The molecule has 1 rings (SSSR count). The molecule has 1 amide bonds. The predicted octanol–water partition coefficient (Wildman–Crippen LogP) is 0.128. The highest BCUT2D eigenvalue weighted by molar-refractivity contribution is 7.91. The standard InChI is InChI=1S/C9H17NO4S/c1-9(5-13-6-9)7-15(12)4-3-14-8(11)10-2/h3-7H2,1-2H3,(H,10,11). The third-order valence-electron chi connectivity index (χ3n) is 2.16. The van der Waals surface area contributed by atoms with Gasteiger partial charge in [0.1, 0.15) is 18.1 Å². The maximum atomic E-state index is 11.6. The molecule has 0 aromatic rings. The quantitative estimate of drug-likeness (QED) is 0.687. The van der Waals surface area contributed by atoms with Crippen molar-refractivity contribution in [1.29, 1.82) is 0 Å². The highest BCUT2D eigenvalue weighted by atomic mass is 32.2. The average Bonchev–Trinajstić information content (AvgIpc) is 2.15. The molecule has 0 spiro atoms. The Kier molecular flexibility index (Phi) is 4.69. The predicted molar refractivity (Wildman–Crippen MR) is 57.2 cm³/mol. The molecule has 0 aromatic carbocycles. The summed E-state index contributed by atoms with van der Waals surface area (Å²) in [5, 5.41) is 2.33. The number of ether oxygens (including phenoxy) is 2. The van der Waals surface area contributed by atoms with Crippen molar-refractivity contribution in [3.05, 3.63) is 0 Å². The Hall–Kier alpha value is -0.460. The molecule has 1 aliphatic heterocycles. The maximum absolute atomic E-state index is 11.6. The van der Waals surface area contributed by atoms with Gasteiger partial charge < -0.3 is 19.3 Å². The summed E-state index contributed by atoms with van der Waals surface area (Å²) in [5.41, 5.74) is 0.0534. The van der Waals surface area contributed by atoms with E-state index in [9.17, 15) is 9.35 Å². The largest absolute Gasteiger partial charge is 0.616 e. The van der Waals surface area contributed by atoms with Crippen molar-refractivity contribution in [2.75, 3.05) is 38.4 Å². The van der Waals surface area contributed by atoms with Gasteiger partial charge in [0.2, 0.25) is 0 Å². The molecule has 6 heteroatoms.